The van der Waals surface area contributed by atoms with Crippen molar-refractivity contribution in [2.45, 2.75) is 51.2 Å². The summed E-state index contributed by atoms with van der Waals surface area (Å²) in [6.45, 7) is 7.02. The Bertz CT molecular complexity index is 971. The van der Waals surface area contributed by atoms with E-state index in [0.29, 0.717) is 12.1 Å². The van der Waals surface area contributed by atoms with Crippen LogP contribution in [0.25, 0.3) is 0 Å². The molecule has 0 fully saturated rings. The van der Waals surface area contributed by atoms with Crippen LogP contribution in [0, 0.1) is 6.92 Å². The van der Waals surface area contributed by atoms with Gasteiger partial charge in [-0.1, -0.05) is 19.1 Å². The number of ether oxygens (including phenoxy) is 1. The fourth-order valence-corrected chi connectivity index (χ4v) is 3.76. The number of carbonyl (C=O) groups excluding carboxylic acids is 2. The van der Waals surface area contributed by atoms with Crippen LogP contribution in [-0.4, -0.2) is 32.4 Å². The summed E-state index contributed by atoms with van der Waals surface area (Å²) >= 11 is 0. The van der Waals surface area contributed by atoms with Crippen molar-refractivity contribution in [1.82, 2.24) is 4.72 Å². The Labute approximate surface area is 171 Å². The quantitative estimate of drug-likeness (QED) is 0.641. The normalized spacial score (nSPS) is 13.4. The minimum Gasteiger partial charge on any atom is -0.449 e. The predicted molar refractivity (Wildman–Crippen MR) is 111 cm³/mol. The Morgan fingerprint density at radius 3 is 2.31 bits per heavy atom. The largest absolute Gasteiger partial charge is 0.449 e. The van der Waals surface area contributed by atoms with Gasteiger partial charge in [0.2, 0.25) is 10.0 Å². The number of anilines is 1. The lowest BCUT2D eigenvalue weighted by Crippen LogP contribution is -2.32. The molecule has 2 aromatic rings. The Balaban J connectivity index is 2.00. The monoisotopic (exact) mass is 418 g/mol. The van der Waals surface area contributed by atoms with E-state index < -0.39 is 28.0 Å². The van der Waals surface area contributed by atoms with Gasteiger partial charge in [-0.15, -0.1) is 0 Å². The third kappa shape index (κ3) is 6.40. The highest BCUT2D eigenvalue weighted by atomic mass is 32.2. The molecule has 0 saturated carbocycles. The number of hydrogen-bond donors (Lipinski definition) is 2. The van der Waals surface area contributed by atoms with Crippen LogP contribution in [-0.2, 0) is 19.6 Å². The van der Waals surface area contributed by atoms with Gasteiger partial charge in [0.05, 0.1) is 10.5 Å². The number of carbonyl (C=O) groups is 2. The van der Waals surface area contributed by atoms with Crippen LogP contribution >= 0.6 is 0 Å². The summed E-state index contributed by atoms with van der Waals surface area (Å²) in [6, 6.07) is 12.5. The highest BCUT2D eigenvalue weighted by Crippen LogP contribution is 2.14. The van der Waals surface area contributed by atoms with Gasteiger partial charge in [-0.2, -0.15) is 0 Å². The summed E-state index contributed by atoms with van der Waals surface area (Å²) in [5.74, 6) is -1.17. The second-order valence-corrected chi connectivity index (χ2v) is 8.58. The second kappa shape index (κ2) is 9.67. The fourth-order valence-electron chi connectivity index (χ4n) is 2.44. The van der Waals surface area contributed by atoms with Crippen molar-refractivity contribution in [2.24, 2.45) is 0 Å². The van der Waals surface area contributed by atoms with Gasteiger partial charge in [0.1, 0.15) is 0 Å². The number of hydrogen-bond acceptors (Lipinski definition) is 5. The first kappa shape index (κ1) is 22.6. The van der Waals surface area contributed by atoms with Crippen molar-refractivity contribution < 1.29 is 22.7 Å². The van der Waals surface area contributed by atoms with Gasteiger partial charge in [-0.25, -0.2) is 17.9 Å². The number of nitrogens with one attached hydrogen (secondary N) is 2. The van der Waals surface area contributed by atoms with Gasteiger partial charge in [-0.3, -0.25) is 4.79 Å². The van der Waals surface area contributed by atoms with Gasteiger partial charge >= 0.3 is 5.97 Å². The van der Waals surface area contributed by atoms with E-state index in [0.717, 1.165) is 5.56 Å². The van der Waals surface area contributed by atoms with Crippen molar-refractivity contribution in [2.75, 3.05) is 5.32 Å². The average molecular weight is 419 g/mol. The first-order valence-electron chi connectivity index (χ1n) is 9.33. The molecule has 2 rings (SSSR count). The minimum atomic E-state index is -3.65. The number of benzene rings is 2. The topological polar surface area (TPSA) is 102 Å². The first-order chi connectivity index (χ1) is 13.6. The maximum atomic E-state index is 12.3. The zero-order valence-electron chi connectivity index (χ0n) is 16.9. The zero-order chi connectivity index (χ0) is 21.6. The van der Waals surface area contributed by atoms with Gasteiger partial charge in [0.25, 0.3) is 5.91 Å². The zero-order valence-corrected chi connectivity index (χ0v) is 17.7. The Morgan fingerprint density at radius 2 is 1.72 bits per heavy atom. The molecule has 7 nitrogen and oxygen atoms in total. The van der Waals surface area contributed by atoms with Gasteiger partial charge < -0.3 is 10.1 Å². The second-order valence-electron chi connectivity index (χ2n) is 6.86. The maximum Gasteiger partial charge on any atom is 0.338 e. The Kier molecular flexibility index (Phi) is 7.53. The molecule has 0 saturated heterocycles. The van der Waals surface area contributed by atoms with Crippen molar-refractivity contribution in [1.29, 1.82) is 0 Å². The van der Waals surface area contributed by atoms with Crippen LogP contribution in [0.5, 0.6) is 0 Å². The third-order valence-electron chi connectivity index (χ3n) is 4.31. The number of rotatable bonds is 8. The molecule has 2 aromatic carbocycles. The van der Waals surface area contributed by atoms with Gasteiger partial charge in [-0.05, 0) is 69.2 Å². The minimum absolute atomic E-state index is 0.0552. The lowest BCUT2D eigenvalue weighted by Gasteiger charge is -2.14. The van der Waals surface area contributed by atoms with E-state index in [4.69, 9.17) is 4.74 Å². The van der Waals surface area contributed by atoms with Crippen LogP contribution in [0.1, 0.15) is 43.1 Å². The lowest BCUT2D eigenvalue weighted by molar-refractivity contribution is -0.123. The molecule has 0 aromatic heterocycles. The SMILES string of the molecule is CC[C@H](C)NS(=O)(=O)c1ccc(C(=O)O[C@@H](C)C(=O)Nc2cccc(C)c2)cc1. The van der Waals surface area contributed by atoms with Crippen molar-refractivity contribution in [3.63, 3.8) is 0 Å². The fraction of sp³-hybridized carbons (Fsp3) is 0.333. The highest BCUT2D eigenvalue weighted by molar-refractivity contribution is 7.89. The third-order valence-corrected chi connectivity index (χ3v) is 5.91. The van der Waals surface area contributed by atoms with E-state index in [1.54, 1.807) is 19.1 Å². The Morgan fingerprint density at radius 1 is 1.07 bits per heavy atom. The van der Waals surface area contributed by atoms with Gasteiger partial charge in [0, 0.05) is 11.7 Å². The van der Waals surface area contributed by atoms with E-state index in [-0.39, 0.29) is 16.5 Å². The summed E-state index contributed by atoms with van der Waals surface area (Å²) in [7, 11) is -3.65. The van der Waals surface area contributed by atoms with Gasteiger partial charge in [0.15, 0.2) is 6.10 Å². The molecule has 1 amide bonds. The van der Waals surface area contributed by atoms with E-state index in [1.165, 1.54) is 31.2 Å². The summed E-state index contributed by atoms with van der Waals surface area (Å²) in [6.07, 6.45) is -0.356. The standard InChI is InChI=1S/C21H26N2O5S/c1-5-15(3)23-29(26,27)19-11-9-17(10-12-19)21(25)28-16(4)20(24)22-18-8-6-7-14(2)13-18/h6-13,15-16,23H,5H2,1-4H3,(H,22,24)/t15-,16-/m0/s1. The molecule has 0 spiro atoms. The lowest BCUT2D eigenvalue weighted by atomic mass is 10.2. The molecule has 0 unspecified atom stereocenters. The number of aryl methyl sites for hydroxylation is 1. The molecule has 0 radical (unpaired) electrons. The van der Waals surface area contributed by atoms with Crippen LogP contribution in [0.2, 0.25) is 0 Å². The molecule has 0 aliphatic carbocycles. The number of amides is 1. The molecular weight excluding hydrogens is 392 g/mol. The molecule has 0 heterocycles. The highest BCUT2D eigenvalue weighted by Gasteiger charge is 2.21. The average Bonchev–Trinajstić information content (AvgIpc) is 2.67. The summed E-state index contributed by atoms with van der Waals surface area (Å²) < 4.78 is 32.3. The van der Waals surface area contributed by atoms with E-state index in [2.05, 4.69) is 10.0 Å². The Hall–Kier alpha value is -2.71. The van der Waals surface area contributed by atoms with Crippen LogP contribution < -0.4 is 10.0 Å². The predicted octanol–water partition coefficient (Wildman–Crippen LogP) is 3.26. The van der Waals surface area contributed by atoms with Crippen molar-refractivity contribution in [3.8, 4) is 0 Å². The summed E-state index contributed by atoms with van der Waals surface area (Å²) in [4.78, 5) is 24.6. The van der Waals surface area contributed by atoms with Crippen LogP contribution in [0.3, 0.4) is 0 Å². The van der Waals surface area contributed by atoms with Crippen LogP contribution in [0.15, 0.2) is 53.4 Å². The smallest absolute Gasteiger partial charge is 0.338 e. The molecule has 8 heteroatoms. The van der Waals surface area contributed by atoms with E-state index in [1.807, 2.05) is 26.0 Å². The van der Waals surface area contributed by atoms with E-state index in [9.17, 15) is 18.0 Å². The van der Waals surface area contributed by atoms with Crippen molar-refractivity contribution in [3.05, 3.63) is 59.7 Å². The number of esters is 1. The van der Waals surface area contributed by atoms with Crippen molar-refractivity contribution >= 4 is 27.6 Å². The number of sulfonamides is 1. The molecule has 29 heavy (non-hydrogen) atoms. The first-order valence-corrected chi connectivity index (χ1v) is 10.8. The summed E-state index contributed by atoms with van der Waals surface area (Å²) in [5.41, 5.74) is 1.76. The van der Waals surface area contributed by atoms with Crippen LogP contribution in [0.4, 0.5) is 5.69 Å². The van der Waals surface area contributed by atoms with E-state index >= 15 is 0 Å². The molecule has 0 aliphatic heterocycles. The molecule has 0 aliphatic rings. The molecule has 0 bridgehead atoms. The molecule has 2 N–H and O–H groups in total. The molecule has 2 atom stereocenters. The maximum absolute atomic E-state index is 12.3. The molecular formula is C21H26N2O5S. The molecule has 156 valence electrons. The summed E-state index contributed by atoms with van der Waals surface area (Å²) in [5, 5.41) is 2.69.